The molecule has 1 aliphatic carbocycles. The number of piperidine rings is 1. The zero-order chi connectivity index (χ0) is 13.1. The van der Waals surface area contributed by atoms with Crippen LogP contribution in [0.5, 0.6) is 0 Å². The van der Waals surface area contributed by atoms with Crippen molar-refractivity contribution in [2.75, 3.05) is 26.3 Å². The third-order valence-corrected chi connectivity index (χ3v) is 3.84. The fraction of sp³-hybridized carbons (Fsp3) is 0.769. The standard InChI is InChI=1S/C13H20N4O2/c18-13(8-19-7-11-3-4-11)16-5-1-2-12(6-16)17-10-14-9-15-17/h9-12H,1-8H2. The van der Waals surface area contributed by atoms with E-state index in [0.29, 0.717) is 5.92 Å². The summed E-state index contributed by atoms with van der Waals surface area (Å²) in [4.78, 5) is 17.9. The van der Waals surface area contributed by atoms with Crippen molar-refractivity contribution in [3.05, 3.63) is 12.7 Å². The fourth-order valence-electron chi connectivity index (χ4n) is 2.49. The van der Waals surface area contributed by atoms with Gasteiger partial charge in [0, 0.05) is 13.1 Å². The first kappa shape index (κ1) is 12.6. The van der Waals surface area contributed by atoms with Crippen molar-refractivity contribution in [1.29, 1.82) is 0 Å². The molecule has 6 heteroatoms. The van der Waals surface area contributed by atoms with E-state index in [1.165, 1.54) is 12.8 Å². The molecule has 1 unspecified atom stereocenters. The van der Waals surface area contributed by atoms with Crippen molar-refractivity contribution < 1.29 is 9.53 Å². The molecule has 1 aliphatic heterocycles. The highest BCUT2D eigenvalue weighted by Gasteiger charge is 2.26. The lowest BCUT2D eigenvalue weighted by Crippen LogP contribution is -2.42. The van der Waals surface area contributed by atoms with Gasteiger partial charge in [-0.25, -0.2) is 9.67 Å². The van der Waals surface area contributed by atoms with Gasteiger partial charge in [0.2, 0.25) is 5.91 Å². The zero-order valence-corrected chi connectivity index (χ0v) is 11.1. The normalized spacial score (nSPS) is 23.6. The summed E-state index contributed by atoms with van der Waals surface area (Å²) >= 11 is 0. The van der Waals surface area contributed by atoms with Gasteiger partial charge in [0.15, 0.2) is 0 Å². The van der Waals surface area contributed by atoms with Crippen LogP contribution in [-0.2, 0) is 9.53 Å². The van der Waals surface area contributed by atoms with Gasteiger partial charge in [-0.3, -0.25) is 4.79 Å². The summed E-state index contributed by atoms with van der Waals surface area (Å²) in [5, 5.41) is 4.16. The molecule has 6 nitrogen and oxygen atoms in total. The lowest BCUT2D eigenvalue weighted by Gasteiger charge is -2.32. The van der Waals surface area contributed by atoms with E-state index in [1.807, 2.05) is 9.58 Å². The number of likely N-dealkylation sites (tertiary alicyclic amines) is 1. The minimum absolute atomic E-state index is 0.102. The van der Waals surface area contributed by atoms with Crippen LogP contribution in [0.1, 0.15) is 31.7 Å². The van der Waals surface area contributed by atoms with Gasteiger partial charge >= 0.3 is 0 Å². The van der Waals surface area contributed by atoms with E-state index in [4.69, 9.17) is 4.74 Å². The number of amides is 1. The Labute approximate surface area is 112 Å². The number of rotatable bonds is 5. The van der Waals surface area contributed by atoms with Gasteiger partial charge in [0.25, 0.3) is 0 Å². The number of nitrogens with zero attached hydrogens (tertiary/aromatic N) is 4. The molecule has 1 aromatic rings. The van der Waals surface area contributed by atoms with Gasteiger partial charge in [0.05, 0.1) is 12.6 Å². The van der Waals surface area contributed by atoms with E-state index in [1.54, 1.807) is 12.7 Å². The Hall–Kier alpha value is -1.43. The van der Waals surface area contributed by atoms with Crippen molar-refractivity contribution in [3.8, 4) is 0 Å². The van der Waals surface area contributed by atoms with Crippen LogP contribution in [0.4, 0.5) is 0 Å². The quantitative estimate of drug-likeness (QED) is 0.791. The molecule has 104 valence electrons. The Bertz CT molecular complexity index is 416. The number of hydrogen-bond acceptors (Lipinski definition) is 4. The van der Waals surface area contributed by atoms with Crippen molar-refractivity contribution in [1.82, 2.24) is 19.7 Å². The van der Waals surface area contributed by atoms with Crippen LogP contribution in [0.15, 0.2) is 12.7 Å². The van der Waals surface area contributed by atoms with E-state index in [9.17, 15) is 4.79 Å². The summed E-state index contributed by atoms with van der Waals surface area (Å²) in [5.74, 6) is 0.808. The van der Waals surface area contributed by atoms with Crippen LogP contribution in [0, 0.1) is 5.92 Å². The van der Waals surface area contributed by atoms with Crippen molar-refractivity contribution in [2.24, 2.45) is 5.92 Å². The maximum atomic E-state index is 12.1. The van der Waals surface area contributed by atoms with Crippen molar-refractivity contribution in [2.45, 2.75) is 31.7 Å². The largest absolute Gasteiger partial charge is 0.371 e. The second-order valence-corrected chi connectivity index (χ2v) is 5.47. The maximum absolute atomic E-state index is 12.1. The van der Waals surface area contributed by atoms with Gasteiger partial charge < -0.3 is 9.64 Å². The lowest BCUT2D eigenvalue weighted by atomic mass is 10.1. The van der Waals surface area contributed by atoms with Crippen LogP contribution in [0.25, 0.3) is 0 Å². The molecule has 1 atom stereocenters. The Morgan fingerprint density at radius 3 is 3.00 bits per heavy atom. The number of carbonyl (C=O) groups excluding carboxylic acids is 1. The summed E-state index contributed by atoms with van der Waals surface area (Å²) in [5.41, 5.74) is 0. The van der Waals surface area contributed by atoms with Gasteiger partial charge in [-0.15, -0.1) is 0 Å². The van der Waals surface area contributed by atoms with Crippen LogP contribution in [0.3, 0.4) is 0 Å². The molecule has 0 radical (unpaired) electrons. The molecule has 1 saturated carbocycles. The number of carbonyl (C=O) groups is 1. The molecule has 0 spiro atoms. The monoisotopic (exact) mass is 264 g/mol. The molecular formula is C13H20N4O2. The number of hydrogen-bond donors (Lipinski definition) is 0. The van der Waals surface area contributed by atoms with E-state index in [0.717, 1.165) is 32.5 Å². The van der Waals surface area contributed by atoms with Crippen LogP contribution >= 0.6 is 0 Å². The second kappa shape index (κ2) is 5.69. The lowest BCUT2D eigenvalue weighted by molar-refractivity contribution is -0.138. The molecule has 2 fully saturated rings. The maximum Gasteiger partial charge on any atom is 0.248 e. The molecule has 1 aromatic heterocycles. The molecule has 2 heterocycles. The Balaban J connectivity index is 1.48. The highest BCUT2D eigenvalue weighted by Crippen LogP contribution is 2.28. The first-order valence-corrected chi connectivity index (χ1v) is 7.02. The van der Waals surface area contributed by atoms with Gasteiger partial charge in [-0.2, -0.15) is 5.10 Å². The average Bonchev–Trinajstić information content (AvgIpc) is 3.10. The molecule has 1 amide bonds. The molecule has 0 aromatic carbocycles. The van der Waals surface area contributed by atoms with Crippen molar-refractivity contribution >= 4 is 5.91 Å². The van der Waals surface area contributed by atoms with Gasteiger partial charge in [-0.05, 0) is 31.6 Å². The minimum Gasteiger partial charge on any atom is -0.371 e. The SMILES string of the molecule is O=C(COCC1CC1)N1CCCC(n2cncn2)C1. The summed E-state index contributed by atoms with van der Waals surface area (Å²) in [6, 6.07) is 0.253. The number of ether oxygens (including phenoxy) is 1. The molecule has 3 rings (SSSR count). The fourth-order valence-corrected chi connectivity index (χ4v) is 2.49. The van der Waals surface area contributed by atoms with E-state index in [2.05, 4.69) is 10.1 Å². The second-order valence-electron chi connectivity index (χ2n) is 5.47. The number of aromatic nitrogens is 3. The molecule has 0 bridgehead atoms. The van der Waals surface area contributed by atoms with Crippen LogP contribution < -0.4 is 0 Å². The van der Waals surface area contributed by atoms with E-state index >= 15 is 0 Å². The summed E-state index contributed by atoms with van der Waals surface area (Å²) < 4.78 is 7.32. The third kappa shape index (κ3) is 3.32. The Morgan fingerprint density at radius 1 is 1.37 bits per heavy atom. The summed E-state index contributed by atoms with van der Waals surface area (Å²) in [7, 11) is 0. The Kier molecular flexibility index (Phi) is 3.77. The molecule has 1 saturated heterocycles. The van der Waals surface area contributed by atoms with Gasteiger partial charge in [-0.1, -0.05) is 0 Å². The molecular weight excluding hydrogens is 244 g/mol. The predicted octanol–water partition coefficient (Wildman–Crippen LogP) is 0.868. The Morgan fingerprint density at radius 2 is 2.26 bits per heavy atom. The average molecular weight is 264 g/mol. The van der Waals surface area contributed by atoms with Crippen LogP contribution in [-0.4, -0.2) is 51.9 Å². The summed E-state index contributed by atoms with van der Waals surface area (Å²) in [6.45, 7) is 2.51. The third-order valence-electron chi connectivity index (χ3n) is 3.84. The van der Waals surface area contributed by atoms with E-state index in [-0.39, 0.29) is 18.6 Å². The summed E-state index contributed by atoms with van der Waals surface area (Å²) in [6.07, 6.45) is 7.84. The molecule has 0 N–H and O–H groups in total. The van der Waals surface area contributed by atoms with Gasteiger partial charge in [0.1, 0.15) is 19.3 Å². The van der Waals surface area contributed by atoms with Crippen LogP contribution in [0.2, 0.25) is 0 Å². The predicted molar refractivity (Wildman–Crippen MR) is 68.4 cm³/mol. The van der Waals surface area contributed by atoms with E-state index < -0.39 is 0 Å². The molecule has 2 aliphatic rings. The smallest absolute Gasteiger partial charge is 0.248 e. The van der Waals surface area contributed by atoms with Crippen molar-refractivity contribution in [3.63, 3.8) is 0 Å². The highest BCUT2D eigenvalue weighted by atomic mass is 16.5. The minimum atomic E-state index is 0.102. The topological polar surface area (TPSA) is 60.2 Å². The first-order chi connectivity index (χ1) is 9.33. The molecule has 19 heavy (non-hydrogen) atoms. The first-order valence-electron chi connectivity index (χ1n) is 7.02. The zero-order valence-electron chi connectivity index (χ0n) is 11.1. The highest BCUT2D eigenvalue weighted by molar-refractivity contribution is 5.77.